The maximum atomic E-state index is 11.3. The molecule has 5 heteroatoms. The van der Waals surface area contributed by atoms with E-state index in [2.05, 4.69) is 0 Å². The van der Waals surface area contributed by atoms with Crippen LogP contribution in [0.5, 0.6) is 0 Å². The van der Waals surface area contributed by atoms with Crippen molar-refractivity contribution in [3.8, 4) is 0 Å². The average Bonchev–Trinajstić information content (AvgIpc) is 2.21. The fourth-order valence-electron chi connectivity index (χ4n) is 1.94. The highest BCUT2D eigenvalue weighted by Crippen LogP contribution is 2.09. The molecule has 0 radical (unpaired) electrons. The predicted octanol–water partition coefficient (Wildman–Crippen LogP) is 0.153. The lowest BCUT2D eigenvalue weighted by Crippen LogP contribution is -3.13. The molecule has 1 fully saturated rings. The molecule has 16 heavy (non-hydrogen) atoms. The van der Waals surface area contributed by atoms with E-state index in [9.17, 15) is 8.42 Å². The Morgan fingerprint density at radius 2 is 1.94 bits per heavy atom. The van der Waals surface area contributed by atoms with Crippen LogP contribution in [0.1, 0.15) is 5.56 Å². The number of benzene rings is 1. The molecule has 1 saturated heterocycles. The maximum absolute atomic E-state index is 11.3. The van der Waals surface area contributed by atoms with Crippen LogP contribution < -0.4 is 4.90 Å². The van der Waals surface area contributed by atoms with E-state index >= 15 is 0 Å². The Morgan fingerprint density at radius 1 is 1.25 bits per heavy atom. The first kappa shape index (κ1) is 11.9. The van der Waals surface area contributed by atoms with Gasteiger partial charge in [-0.3, -0.25) is 0 Å². The van der Waals surface area contributed by atoms with Crippen LogP contribution in [0.2, 0.25) is 5.02 Å². The van der Waals surface area contributed by atoms with Crippen LogP contribution >= 0.6 is 11.6 Å². The summed E-state index contributed by atoms with van der Waals surface area (Å²) < 4.78 is 22.5. The normalized spacial score (nSPS) is 20.8. The summed E-state index contributed by atoms with van der Waals surface area (Å²) in [7, 11) is -2.76. The van der Waals surface area contributed by atoms with Crippen molar-refractivity contribution >= 4 is 21.4 Å². The molecule has 2 rings (SSSR count). The highest BCUT2D eigenvalue weighted by atomic mass is 35.5. The van der Waals surface area contributed by atoms with E-state index < -0.39 is 9.84 Å². The molecular formula is C11H15ClNO2S+. The highest BCUT2D eigenvalue weighted by molar-refractivity contribution is 7.91. The van der Waals surface area contributed by atoms with Crippen LogP contribution in [0, 0.1) is 0 Å². The molecule has 1 aromatic carbocycles. The zero-order chi connectivity index (χ0) is 11.6. The van der Waals surface area contributed by atoms with Crippen molar-refractivity contribution in [2.45, 2.75) is 6.54 Å². The summed E-state index contributed by atoms with van der Waals surface area (Å²) in [5.74, 6) is 0.617. The Labute approximate surface area is 101 Å². The van der Waals surface area contributed by atoms with Gasteiger partial charge in [0.1, 0.15) is 6.54 Å². The van der Waals surface area contributed by atoms with E-state index in [1.165, 1.54) is 10.5 Å². The number of halogens is 1. The van der Waals surface area contributed by atoms with Crippen LogP contribution in [-0.4, -0.2) is 33.0 Å². The number of quaternary nitrogens is 1. The number of rotatable bonds is 2. The lowest BCUT2D eigenvalue weighted by molar-refractivity contribution is -0.910. The Morgan fingerprint density at radius 3 is 2.56 bits per heavy atom. The van der Waals surface area contributed by atoms with Gasteiger partial charge in [-0.25, -0.2) is 8.42 Å². The van der Waals surface area contributed by atoms with Crippen molar-refractivity contribution in [3.63, 3.8) is 0 Å². The van der Waals surface area contributed by atoms with Gasteiger partial charge in [-0.05, 0) is 12.1 Å². The first-order valence-corrected chi connectivity index (χ1v) is 7.53. The monoisotopic (exact) mass is 260 g/mol. The zero-order valence-corrected chi connectivity index (χ0v) is 10.5. The largest absolute Gasteiger partial charge is 0.329 e. The summed E-state index contributed by atoms with van der Waals surface area (Å²) in [6.45, 7) is 2.26. The summed E-state index contributed by atoms with van der Waals surface area (Å²) in [5.41, 5.74) is 1.17. The number of hydrogen-bond donors (Lipinski definition) is 1. The smallest absolute Gasteiger partial charge is 0.161 e. The molecule has 0 unspecified atom stereocenters. The van der Waals surface area contributed by atoms with E-state index in [0.29, 0.717) is 24.6 Å². The Kier molecular flexibility index (Phi) is 3.52. The molecule has 1 aliphatic heterocycles. The van der Waals surface area contributed by atoms with Gasteiger partial charge in [-0.1, -0.05) is 23.7 Å². The molecule has 0 amide bonds. The third kappa shape index (κ3) is 3.20. The van der Waals surface area contributed by atoms with Crippen LogP contribution in [0.25, 0.3) is 0 Å². The summed E-state index contributed by atoms with van der Waals surface area (Å²) in [6, 6.07) is 7.75. The molecule has 88 valence electrons. The van der Waals surface area contributed by atoms with Gasteiger partial charge < -0.3 is 4.90 Å². The van der Waals surface area contributed by atoms with Gasteiger partial charge in [0.25, 0.3) is 0 Å². The Hall–Kier alpha value is -0.580. The Bertz CT molecular complexity index is 459. The maximum Gasteiger partial charge on any atom is 0.161 e. The molecule has 0 aliphatic carbocycles. The second kappa shape index (κ2) is 4.73. The van der Waals surface area contributed by atoms with Gasteiger partial charge in [-0.15, -0.1) is 0 Å². The van der Waals surface area contributed by atoms with Crippen molar-refractivity contribution < 1.29 is 13.3 Å². The van der Waals surface area contributed by atoms with Crippen molar-refractivity contribution in [2.75, 3.05) is 24.6 Å². The summed E-state index contributed by atoms with van der Waals surface area (Å²) in [5, 5.41) is 0.738. The standard InChI is InChI=1S/C11H14ClNO2S/c12-11-3-1-2-10(8-11)9-13-4-6-16(14,15)7-5-13/h1-3,8H,4-7,9H2/p+1. The number of sulfone groups is 1. The lowest BCUT2D eigenvalue weighted by Gasteiger charge is -2.23. The van der Waals surface area contributed by atoms with Crippen molar-refractivity contribution in [2.24, 2.45) is 0 Å². The van der Waals surface area contributed by atoms with Gasteiger partial charge in [-0.2, -0.15) is 0 Å². The summed E-state index contributed by atoms with van der Waals surface area (Å²) in [6.07, 6.45) is 0. The van der Waals surface area contributed by atoms with Crippen LogP contribution in [0.4, 0.5) is 0 Å². The average molecular weight is 261 g/mol. The molecule has 0 saturated carbocycles. The third-order valence-corrected chi connectivity index (χ3v) is 4.76. The summed E-state index contributed by atoms with van der Waals surface area (Å²) in [4.78, 5) is 1.32. The van der Waals surface area contributed by atoms with E-state index in [-0.39, 0.29) is 0 Å². The molecule has 1 N–H and O–H groups in total. The van der Waals surface area contributed by atoms with Crippen LogP contribution in [0.3, 0.4) is 0 Å². The van der Waals surface area contributed by atoms with E-state index in [0.717, 1.165) is 11.6 Å². The molecule has 0 bridgehead atoms. The van der Waals surface area contributed by atoms with Crippen molar-refractivity contribution in [3.05, 3.63) is 34.9 Å². The quantitative estimate of drug-likeness (QED) is 0.823. The van der Waals surface area contributed by atoms with E-state index in [4.69, 9.17) is 11.6 Å². The highest BCUT2D eigenvalue weighted by Gasteiger charge is 2.24. The second-order valence-corrected chi connectivity index (χ2v) is 6.95. The van der Waals surface area contributed by atoms with Gasteiger partial charge in [0.2, 0.25) is 0 Å². The van der Waals surface area contributed by atoms with Gasteiger partial charge in [0.05, 0.1) is 24.6 Å². The van der Waals surface area contributed by atoms with E-state index in [1.807, 2.05) is 24.3 Å². The number of nitrogens with one attached hydrogen (secondary N) is 1. The van der Waals surface area contributed by atoms with Gasteiger partial charge >= 0.3 is 0 Å². The minimum Gasteiger partial charge on any atom is -0.329 e. The van der Waals surface area contributed by atoms with Crippen LogP contribution in [0.15, 0.2) is 24.3 Å². The van der Waals surface area contributed by atoms with Gasteiger partial charge in [0, 0.05) is 10.6 Å². The second-order valence-electron chi connectivity index (χ2n) is 4.21. The van der Waals surface area contributed by atoms with Crippen molar-refractivity contribution in [1.82, 2.24) is 0 Å². The lowest BCUT2D eigenvalue weighted by atomic mass is 10.2. The molecule has 3 nitrogen and oxygen atoms in total. The minimum atomic E-state index is -2.76. The molecular weight excluding hydrogens is 246 g/mol. The molecule has 0 spiro atoms. The van der Waals surface area contributed by atoms with Crippen molar-refractivity contribution in [1.29, 1.82) is 0 Å². The molecule has 1 aromatic rings. The molecule has 0 aromatic heterocycles. The van der Waals surface area contributed by atoms with E-state index in [1.54, 1.807) is 0 Å². The molecule has 0 atom stereocenters. The Balaban J connectivity index is 1.97. The fraction of sp³-hybridized carbons (Fsp3) is 0.455. The third-order valence-electron chi connectivity index (χ3n) is 2.88. The predicted molar refractivity (Wildman–Crippen MR) is 64.5 cm³/mol. The first-order valence-electron chi connectivity index (χ1n) is 5.34. The number of hydrogen-bond acceptors (Lipinski definition) is 2. The SMILES string of the molecule is O=S1(=O)CC[NH+](Cc2cccc(Cl)c2)CC1. The first-order chi connectivity index (χ1) is 7.55. The molecule has 1 aliphatic rings. The zero-order valence-electron chi connectivity index (χ0n) is 8.95. The van der Waals surface area contributed by atoms with Gasteiger partial charge in [0.15, 0.2) is 9.84 Å². The minimum absolute atomic E-state index is 0.308. The summed E-state index contributed by atoms with van der Waals surface area (Å²) >= 11 is 5.90. The van der Waals surface area contributed by atoms with Crippen LogP contribution in [-0.2, 0) is 16.4 Å². The fourth-order valence-corrected chi connectivity index (χ4v) is 3.56. The molecule has 1 heterocycles. The topological polar surface area (TPSA) is 38.6 Å².